The van der Waals surface area contributed by atoms with Gasteiger partial charge in [-0.15, -0.1) is 11.8 Å². The van der Waals surface area contributed by atoms with Gasteiger partial charge in [-0.1, -0.05) is 140 Å². The van der Waals surface area contributed by atoms with Crippen LogP contribution in [0.1, 0.15) is 46.6 Å². The number of benzene rings is 5. The zero-order valence-electron chi connectivity index (χ0n) is 24.8. The van der Waals surface area contributed by atoms with Crippen LogP contribution in [0.5, 0.6) is 0 Å². The molecule has 1 aliphatic carbocycles. The summed E-state index contributed by atoms with van der Waals surface area (Å²) in [6, 6.07) is 46.4. The highest BCUT2D eigenvalue weighted by Gasteiger charge is 2.37. The van der Waals surface area contributed by atoms with Crippen molar-refractivity contribution in [1.29, 1.82) is 0 Å². The van der Waals surface area contributed by atoms with Gasteiger partial charge in [-0.25, -0.2) is 9.59 Å². The number of thioether (sulfide) groups is 1. The quantitative estimate of drug-likeness (QED) is 0.109. The van der Waals surface area contributed by atoms with E-state index >= 15 is 0 Å². The molecule has 0 aromatic heterocycles. The van der Waals surface area contributed by atoms with Crippen molar-refractivity contribution in [2.45, 2.75) is 29.5 Å². The summed E-state index contributed by atoms with van der Waals surface area (Å²) < 4.78 is 5.15. The lowest BCUT2D eigenvalue weighted by Gasteiger charge is -2.35. The van der Waals surface area contributed by atoms with Crippen molar-refractivity contribution >= 4 is 23.8 Å². The molecule has 0 fully saturated rings. The van der Waals surface area contributed by atoms with Crippen LogP contribution in [0.25, 0.3) is 11.1 Å². The number of rotatable bonds is 12. The van der Waals surface area contributed by atoms with Gasteiger partial charge in [0.1, 0.15) is 12.6 Å². The summed E-state index contributed by atoms with van der Waals surface area (Å²) >= 11 is 1.78. The lowest BCUT2D eigenvalue weighted by molar-refractivity contribution is -0.139. The van der Waals surface area contributed by atoms with Crippen LogP contribution in [0.3, 0.4) is 0 Å². The molecule has 1 unspecified atom stereocenters. The van der Waals surface area contributed by atoms with Gasteiger partial charge >= 0.3 is 12.1 Å². The molecule has 5 aromatic carbocycles. The smallest absolute Gasteiger partial charge is 0.407 e. The van der Waals surface area contributed by atoms with Crippen LogP contribution in [-0.4, -0.2) is 35.6 Å². The molecule has 0 aliphatic heterocycles. The monoisotopic (exact) mass is 613 g/mol. The highest BCUT2D eigenvalue weighted by molar-refractivity contribution is 8.00. The van der Waals surface area contributed by atoms with E-state index in [4.69, 9.17) is 4.74 Å². The van der Waals surface area contributed by atoms with Crippen molar-refractivity contribution in [1.82, 2.24) is 5.32 Å². The maximum absolute atomic E-state index is 12.9. The van der Waals surface area contributed by atoms with E-state index in [0.717, 1.165) is 38.9 Å². The van der Waals surface area contributed by atoms with Crippen molar-refractivity contribution in [2.75, 3.05) is 12.4 Å². The maximum atomic E-state index is 12.9. The first kappa shape index (κ1) is 30.2. The average molecular weight is 614 g/mol. The Kier molecular flexibility index (Phi) is 9.32. The lowest BCUT2D eigenvalue weighted by Crippen LogP contribution is -2.41. The number of aliphatic carboxylic acids is 1. The summed E-state index contributed by atoms with van der Waals surface area (Å²) in [6.07, 6.45) is 0.143. The number of nitrogens with one attached hydrogen (secondary N) is 1. The lowest BCUT2D eigenvalue weighted by atomic mass is 9.84. The highest BCUT2D eigenvalue weighted by Crippen LogP contribution is 2.49. The molecule has 6 rings (SSSR count). The highest BCUT2D eigenvalue weighted by atomic mass is 32.2. The summed E-state index contributed by atoms with van der Waals surface area (Å²) in [7, 11) is 0. The third-order valence-electron chi connectivity index (χ3n) is 8.43. The van der Waals surface area contributed by atoms with Crippen molar-refractivity contribution in [3.05, 3.63) is 167 Å². The molecule has 0 heterocycles. The maximum Gasteiger partial charge on any atom is 0.407 e. The Bertz CT molecular complexity index is 1600. The van der Waals surface area contributed by atoms with E-state index in [1.54, 1.807) is 11.8 Å². The molecular formula is C39H35NO4S. The summed E-state index contributed by atoms with van der Waals surface area (Å²) in [5.74, 6) is -0.492. The third kappa shape index (κ3) is 6.38. The molecule has 6 heteroatoms. The van der Waals surface area contributed by atoms with Gasteiger partial charge in [0.15, 0.2) is 0 Å². The summed E-state index contributed by atoms with van der Waals surface area (Å²) in [5, 5.41) is 12.6. The van der Waals surface area contributed by atoms with Crippen LogP contribution in [0, 0.1) is 0 Å². The Morgan fingerprint density at radius 3 is 1.60 bits per heavy atom. The number of carbonyl (C=O) groups is 2. The fourth-order valence-electron chi connectivity index (χ4n) is 6.32. The van der Waals surface area contributed by atoms with Gasteiger partial charge < -0.3 is 15.2 Å². The van der Waals surface area contributed by atoms with Gasteiger partial charge in [-0.3, -0.25) is 0 Å². The number of hydrogen-bond acceptors (Lipinski definition) is 4. The summed E-state index contributed by atoms with van der Waals surface area (Å²) in [6.45, 7) is 0.135. The Morgan fingerprint density at radius 1 is 0.689 bits per heavy atom. The zero-order chi connectivity index (χ0) is 31.1. The van der Waals surface area contributed by atoms with E-state index in [2.05, 4.69) is 102 Å². The number of carboxylic acids is 1. The molecular weight excluding hydrogens is 578 g/mol. The minimum atomic E-state index is -1.08. The minimum Gasteiger partial charge on any atom is -0.480 e. The van der Waals surface area contributed by atoms with E-state index in [-0.39, 0.29) is 18.9 Å². The normalized spacial score (nSPS) is 13.0. The number of amides is 1. The van der Waals surface area contributed by atoms with Crippen LogP contribution in [-0.2, 0) is 14.3 Å². The molecule has 0 bridgehead atoms. The van der Waals surface area contributed by atoms with Gasteiger partial charge in [0.25, 0.3) is 0 Å². The Labute approximate surface area is 268 Å². The van der Waals surface area contributed by atoms with Crippen molar-refractivity contribution < 1.29 is 19.4 Å². The topological polar surface area (TPSA) is 75.6 Å². The fourth-order valence-corrected chi connectivity index (χ4v) is 7.85. The van der Waals surface area contributed by atoms with Gasteiger partial charge in [0.05, 0.1) is 4.75 Å². The van der Waals surface area contributed by atoms with Crippen LogP contribution in [0.2, 0.25) is 0 Å². The molecule has 1 atom stereocenters. The van der Waals surface area contributed by atoms with E-state index < -0.39 is 22.9 Å². The van der Waals surface area contributed by atoms with E-state index in [9.17, 15) is 14.7 Å². The first-order valence-electron chi connectivity index (χ1n) is 15.2. The molecule has 0 saturated carbocycles. The van der Waals surface area contributed by atoms with Crippen molar-refractivity contribution in [3.63, 3.8) is 0 Å². The van der Waals surface area contributed by atoms with Crippen LogP contribution >= 0.6 is 11.8 Å². The zero-order valence-corrected chi connectivity index (χ0v) is 25.7. The summed E-state index contributed by atoms with van der Waals surface area (Å²) in [4.78, 5) is 25.1. The molecule has 226 valence electrons. The molecule has 45 heavy (non-hydrogen) atoms. The molecule has 1 amide bonds. The predicted octanol–water partition coefficient (Wildman–Crippen LogP) is 8.48. The number of carboxylic acid groups (broad SMARTS) is 1. The molecule has 0 spiro atoms. The molecule has 2 N–H and O–H groups in total. The number of carbonyl (C=O) groups excluding carboxylic acids is 1. The Hall–Kier alpha value is -4.81. The Morgan fingerprint density at radius 2 is 1.13 bits per heavy atom. The fraction of sp³-hybridized carbons (Fsp3) is 0.179. The second kappa shape index (κ2) is 13.9. The largest absolute Gasteiger partial charge is 0.480 e. The summed E-state index contributed by atoms with van der Waals surface area (Å²) in [5.41, 5.74) is 7.95. The molecule has 0 radical (unpaired) electrons. The second-order valence-corrected chi connectivity index (χ2v) is 12.4. The SMILES string of the molecule is O=C(NC(CCCSC(c1ccccc1)(c1ccccc1)c1ccccc1)C(=O)O)OCC1c2ccccc2-c2ccccc21. The Balaban J connectivity index is 1.12. The van der Waals surface area contributed by atoms with Gasteiger partial charge in [-0.05, 0) is 57.5 Å². The second-order valence-electron chi connectivity index (χ2n) is 11.1. The predicted molar refractivity (Wildman–Crippen MR) is 181 cm³/mol. The molecule has 1 aliphatic rings. The van der Waals surface area contributed by atoms with Gasteiger partial charge in [0.2, 0.25) is 0 Å². The average Bonchev–Trinajstić information content (AvgIpc) is 3.41. The first-order valence-corrected chi connectivity index (χ1v) is 16.2. The van der Waals surface area contributed by atoms with E-state index in [1.807, 2.05) is 42.5 Å². The van der Waals surface area contributed by atoms with Gasteiger partial charge in [-0.2, -0.15) is 0 Å². The van der Waals surface area contributed by atoms with Crippen LogP contribution in [0.15, 0.2) is 140 Å². The minimum absolute atomic E-state index is 0.0927. The first-order chi connectivity index (χ1) is 22.1. The van der Waals surface area contributed by atoms with Crippen LogP contribution < -0.4 is 5.32 Å². The molecule has 5 nitrogen and oxygen atoms in total. The van der Waals surface area contributed by atoms with Crippen molar-refractivity contribution in [3.8, 4) is 11.1 Å². The number of alkyl carbamates (subject to hydrolysis) is 1. The third-order valence-corrected chi connectivity index (χ3v) is 10.1. The standard InChI is InChI=1S/C39H35NO4S/c41-37(42)36(40-38(43)44-27-35-33-23-12-10-21-31(33)32-22-11-13-24-34(32)35)25-14-26-45-39(28-15-4-1-5-16-28,29-17-6-2-7-18-29)30-19-8-3-9-20-30/h1-13,15-24,35-36H,14,25-27H2,(H,40,43)(H,41,42). The van der Waals surface area contributed by atoms with E-state index in [0.29, 0.717) is 12.2 Å². The number of fused-ring (bicyclic) bond motifs is 3. The van der Waals surface area contributed by atoms with Crippen molar-refractivity contribution in [2.24, 2.45) is 0 Å². The van der Waals surface area contributed by atoms with Crippen LogP contribution in [0.4, 0.5) is 4.79 Å². The molecule has 0 saturated heterocycles. The number of ether oxygens (including phenoxy) is 1. The number of hydrogen-bond donors (Lipinski definition) is 2. The van der Waals surface area contributed by atoms with E-state index in [1.165, 1.54) is 0 Å². The molecule has 5 aromatic rings. The van der Waals surface area contributed by atoms with Gasteiger partial charge in [0, 0.05) is 5.92 Å².